The molecule has 0 radical (unpaired) electrons. The van der Waals surface area contributed by atoms with Crippen LogP contribution in [0.5, 0.6) is 5.75 Å². The third-order valence-corrected chi connectivity index (χ3v) is 3.91. The van der Waals surface area contributed by atoms with Crippen LogP contribution in [-0.4, -0.2) is 18.7 Å². The molecule has 0 spiro atoms. The van der Waals surface area contributed by atoms with Crippen molar-refractivity contribution in [2.75, 3.05) is 7.11 Å². The Bertz CT molecular complexity index is 740. The van der Waals surface area contributed by atoms with E-state index in [0.717, 1.165) is 14.9 Å². The Morgan fingerprint density at radius 2 is 1.96 bits per heavy atom. The molecule has 0 aliphatic heterocycles. The molecule has 0 fully saturated rings. The predicted molar refractivity (Wildman–Crippen MR) is 102 cm³/mol. The lowest BCUT2D eigenvalue weighted by Crippen LogP contribution is -2.18. The van der Waals surface area contributed by atoms with Crippen LogP contribution in [0, 0.1) is 3.57 Å². The molecule has 0 aromatic heterocycles. The number of methoxy groups -OCH3 is 1. The van der Waals surface area contributed by atoms with Crippen LogP contribution in [0.25, 0.3) is 6.08 Å². The topological polar surface area (TPSA) is 50.7 Å². The number of carbonyl (C=O) groups excluding carboxylic acids is 1. The Morgan fingerprint density at radius 3 is 2.61 bits per heavy atom. The summed E-state index contributed by atoms with van der Waals surface area (Å²) >= 11 is 2.13. The van der Waals surface area contributed by atoms with Gasteiger partial charge in [0.1, 0.15) is 5.75 Å². The number of hydrazone groups is 1. The monoisotopic (exact) mass is 420 g/mol. The SMILES string of the molecule is COc1ccc(C(=O)NN=C(C)/C=C/c2ccccc2)cc1I. The molecule has 4 nitrogen and oxygen atoms in total. The van der Waals surface area contributed by atoms with Crippen molar-refractivity contribution in [1.29, 1.82) is 0 Å². The summed E-state index contributed by atoms with van der Waals surface area (Å²) in [6.45, 7) is 1.83. The number of hydrogen-bond acceptors (Lipinski definition) is 3. The lowest BCUT2D eigenvalue weighted by Gasteiger charge is -2.05. The van der Waals surface area contributed by atoms with Gasteiger partial charge in [-0.2, -0.15) is 5.10 Å². The zero-order valence-electron chi connectivity index (χ0n) is 12.9. The number of allylic oxidation sites excluding steroid dienone is 1. The average Bonchev–Trinajstić information content (AvgIpc) is 2.58. The first-order valence-corrected chi connectivity index (χ1v) is 8.09. The third kappa shape index (κ3) is 5.21. The van der Waals surface area contributed by atoms with Crippen molar-refractivity contribution in [3.8, 4) is 5.75 Å². The van der Waals surface area contributed by atoms with Gasteiger partial charge in [0.05, 0.1) is 16.4 Å². The van der Waals surface area contributed by atoms with Gasteiger partial charge in [0.15, 0.2) is 0 Å². The van der Waals surface area contributed by atoms with E-state index in [1.165, 1.54) is 0 Å². The smallest absolute Gasteiger partial charge is 0.271 e. The van der Waals surface area contributed by atoms with Crippen molar-refractivity contribution in [1.82, 2.24) is 5.43 Å². The van der Waals surface area contributed by atoms with E-state index in [4.69, 9.17) is 4.74 Å². The average molecular weight is 420 g/mol. The molecule has 0 atom stereocenters. The van der Waals surface area contributed by atoms with Crippen molar-refractivity contribution < 1.29 is 9.53 Å². The molecule has 0 aliphatic carbocycles. The summed E-state index contributed by atoms with van der Waals surface area (Å²) in [6.07, 6.45) is 3.80. The fourth-order valence-electron chi connectivity index (χ4n) is 1.83. The summed E-state index contributed by atoms with van der Waals surface area (Å²) in [4.78, 5) is 12.1. The molecule has 0 aliphatic rings. The van der Waals surface area contributed by atoms with Crippen molar-refractivity contribution in [3.05, 3.63) is 69.3 Å². The summed E-state index contributed by atoms with van der Waals surface area (Å²) in [5.41, 5.74) is 4.89. The molecule has 0 unspecified atom stereocenters. The third-order valence-electron chi connectivity index (χ3n) is 3.06. The lowest BCUT2D eigenvalue weighted by atomic mass is 10.2. The highest BCUT2D eigenvalue weighted by Gasteiger charge is 2.07. The highest BCUT2D eigenvalue weighted by Crippen LogP contribution is 2.21. The largest absolute Gasteiger partial charge is 0.496 e. The second-order valence-corrected chi connectivity index (χ2v) is 5.95. The van der Waals surface area contributed by atoms with E-state index in [1.807, 2.05) is 49.4 Å². The number of nitrogens with one attached hydrogen (secondary N) is 1. The first-order valence-electron chi connectivity index (χ1n) is 7.01. The number of benzene rings is 2. The Hall–Kier alpha value is -2.15. The molecule has 0 heterocycles. The number of ether oxygens (including phenoxy) is 1. The quantitative estimate of drug-likeness (QED) is 0.450. The zero-order chi connectivity index (χ0) is 16.7. The highest BCUT2D eigenvalue weighted by atomic mass is 127. The van der Waals surface area contributed by atoms with Gasteiger partial charge in [0, 0.05) is 5.56 Å². The summed E-state index contributed by atoms with van der Waals surface area (Å²) in [5.74, 6) is 0.491. The minimum Gasteiger partial charge on any atom is -0.496 e. The Labute approximate surface area is 149 Å². The van der Waals surface area contributed by atoms with Gasteiger partial charge in [-0.1, -0.05) is 36.4 Å². The first-order chi connectivity index (χ1) is 11.1. The summed E-state index contributed by atoms with van der Waals surface area (Å²) < 4.78 is 6.05. The van der Waals surface area contributed by atoms with Crippen molar-refractivity contribution >= 4 is 40.3 Å². The van der Waals surface area contributed by atoms with Crippen LogP contribution >= 0.6 is 22.6 Å². The van der Waals surface area contributed by atoms with Crippen LogP contribution in [0.15, 0.2) is 59.7 Å². The summed E-state index contributed by atoms with van der Waals surface area (Å²) in [5, 5.41) is 4.08. The lowest BCUT2D eigenvalue weighted by molar-refractivity contribution is 0.0954. The Kier molecular flexibility index (Phi) is 6.34. The van der Waals surface area contributed by atoms with Crippen molar-refractivity contribution in [2.45, 2.75) is 6.92 Å². The maximum absolute atomic E-state index is 12.1. The molecule has 0 saturated carbocycles. The molecule has 23 heavy (non-hydrogen) atoms. The van der Waals surface area contributed by atoms with Crippen LogP contribution in [-0.2, 0) is 0 Å². The van der Waals surface area contributed by atoms with Gasteiger partial charge in [-0.25, -0.2) is 5.43 Å². The minimum atomic E-state index is -0.252. The van der Waals surface area contributed by atoms with Gasteiger partial charge >= 0.3 is 0 Å². The normalized spacial score (nSPS) is 11.5. The predicted octanol–water partition coefficient (Wildman–Crippen LogP) is 4.12. The maximum Gasteiger partial charge on any atom is 0.271 e. The van der Waals surface area contributed by atoms with Gasteiger partial charge < -0.3 is 4.74 Å². The van der Waals surface area contributed by atoms with E-state index in [-0.39, 0.29) is 5.91 Å². The van der Waals surface area contributed by atoms with E-state index < -0.39 is 0 Å². The number of halogens is 1. The molecular formula is C18H17IN2O2. The van der Waals surface area contributed by atoms with E-state index in [2.05, 4.69) is 33.1 Å². The van der Waals surface area contributed by atoms with Crippen LogP contribution in [0.1, 0.15) is 22.8 Å². The van der Waals surface area contributed by atoms with E-state index in [9.17, 15) is 4.79 Å². The van der Waals surface area contributed by atoms with E-state index in [0.29, 0.717) is 11.3 Å². The van der Waals surface area contributed by atoms with Crippen LogP contribution in [0.4, 0.5) is 0 Å². The van der Waals surface area contributed by atoms with Gasteiger partial charge in [0.2, 0.25) is 0 Å². The van der Waals surface area contributed by atoms with Gasteiger partial charge in [-0.15, -0.1) is 0 Å². The number of nitrogens with zero attached hydrogens (tertiary/aromatic N) is 1. The highest BCUT2D eigenvalue weighted by molar-refractivity contribution is 14.1. The van der Waals surface area contributed by atoms with E-state index >= 15 is 0 Å². The number of rotatable bonds is 5. The molecule has 5 heteroatoms. The van der Waals surface area contributed by atoms with E-state index in [1.54, 1.807) is 25.3 Å². The Morgan fingerprint density at radius 1 is 1.22 bits per heavy atom. The molecule has 2 aromatic rings. The van der Waals surface area contributed by atoms with Crippen LogP contribution < -0.4 is 10.2 Å². The molecule has 0 saturated heterocycles. The summed E-state index contributed by atoms with van der Waals surface area (Å²) in [7, 11) is 1.60. The van der Waals surface area contributed by atoms with Gasteiger partial charge in [-0.3, -0.25) is 4.79 Å². The molecule has 0 bridgehead atoms. The van der Waals surface area contributed by atoms with Crippen molar-refractivity contribution in [3.63, 3.8) is 0 Å². The van der Waals surface area contributed by atoms with Crippen molar-refractivity contribution in [2.24, 2.45) is 5.10 Å². The molecule has 1 amide bonds. The number of amides is 1. The summed E-state index contributed by atoms with van der Waals surface area (Å²) in [6, 6.07) is 15.2. The fourth-order valence-corrected chi connectivity index (χ4v) is 2.56. The fraction of sp³-hybridized carbons (Fsp3) is 0.111. The molecule has 118 valence electrons. The second-order valence-electron chi connectivity index (χ2n) is 4.79. The van der Waals surface area contributed by atoms with Crippen LogP contribution in [0.2, 0.25) is 0 Å². The molecule has 1 N–H and O–H groups in total. The minimum absolute atomic E-state index is 0.252. The second kappa shape index (κ2) is 8.47. The van der Waals surface area contributed by atoms with Gasteiger partial charge in [-0.05, 0) is 59.4 Å². The van der Waals surface area contributed by atoms with Gasteiger partial charge in [0.25, 0.3) is 5.91 Å². The molecule has 2 aromatic carbocycles. The zero-order valence-corrected chi connectivity index (χ0v) is 15.1. The number of hydrogen-bond donors (Lipinski definition) is 1. The maximum atomic E-state index is 12.1. The molecule has 2 rings (SSSR count). The standard InChI is InChI=1S/C18H17IN2O2/c1-13(8-9-14-6-4-3-5-7-14)20-21-18(22)15-10-11-17(23-2)16(19)12-15/h3-12H,1-2H3,(H,21,22)/b9-8+,20-13?. The number of carbonyl (C=O) groups is 1. The molecular weight excluding hydrogens is 403 g/mol. The van der Waals surface area contributed by atoms with Crippen LogP contribution in [0.3, 0.4) is 0 Å². The first kappa shape index (κ1) is 17.2. The Balaban J connectivity index is 2.00.